The summed E-state index contributed by atoms with van der Waals surface area (Å²) in [6.07, 6.45) is 7.81. The standard InChI is InChI=1S/C24H28FN3O2/c1-30-22-10-6-9-19(25)18(22)14-23-27-20-12-11-17(13-21(20)28-23)24(29)26-15-16-7-4-2-3-5-8-16/h6,9-13,16H,2-5,7-8,14-15H2,1H3,(H,26,29)(H,27,28). The predicted octanol–water partition coefficient (Wildman–Crippen LogP) is 5.00. The number of fused-ring (bicyclic) bond motifs is 1. The number of imidazole rings is 1. The summed E-state index contributed by atoms with van der Waals surface area (Å²) in [6, 6.07) is 10.2. The van der Waals surface area contributed by atoms with Crippen molar-refractivity contribution in [3.63, 3.8) is 0 Å². The van der Waals surface area contributed by atoms with Crippen LogP contribution in [0.25, 0.3) is 11.0 Å². The number of halogens is 1. The lowest BCUT2D eigenvalue weighted by Gasteiger charge is -2.14. The van der Waals surface area contributed by atoms with Gasteiger partial charge in [0.05, 0.1) is 18.1 Å². The number of H-pyrrole nitrogens is 1. The number of carbonyl (C=O) groups is 1. The number of carbonyl (C=O) groups excluding carboxylic acids is 1. The van der Waals surface area contributed by atoms with E-state index >= 15 is 0 Å². The van der Waals surface area contributed by atoms with Crippen molar-refractivity contribution in [3.05, 3.63) is 59.2 Å². The van der Waals surface area contributed by atoms with Gasteiger partial charge in [0.1, 0.15) is 17.4 Å². The lowest BCUT2D eigenvalue weighted by molar-refractivity contribution is 0.0946. The van der Waals surface area contributed by atoms with E-state index in [2.05, 4.69) is 15.3 Å². The monoisotopic (exact) mass is 409 g/mol. The number of nitrogens with zero attached hydrogens (tertiary/aromatic N) is 1. The average molecular weight is 410 g/mol. The fourth-order valence-electron chi connectivity index (χ4n) is 4.26. The molecule has 1 fully saturated rings. The van der Waals surface area contributed by atoms with Gasteiger partial charge in [0, 0.05) is 24.1 Å². The van der Waals surface area contributed by atoms with Crippen LogP contribution >= 0.6 is 0 Å². The molecule has 1 aliphatic rings. The minimum absolute atomic E-state index is 0.0681. The van der Waals surface area contributed by atoms with Crippen LogP contribution in [0.3, 0.4) is 0 Å². The van der Waals surface area contributed by atoms with Crippen molar-refractivity contribution in [2.45, 2.75) is 44.9 Å². The summed E-state index contributed by atoms with van der Waals surface area (Å²) < 4.78 is 19.5. The van der Waals surface area contributed by atoms with Crippen LogP contribution in [0.1, 0.15) is 60.3 Å². The Balaban J connectivity index is 1.46. The molecule has 1 heterocycles. The fourth-order valence-corrected chi connectivity index (χ4v) is 4.26. The van der Waals surface area contributed by atoms with Gasteiger partial charge >= 0.3 is 0 Å². The molecule has 4 rings (SSSR count). The van der Waals surface area contributed by atoms with Gasteiger partial charge in [-0.3, -0.25) is 4.79 Å². The van der Waals surface area contributed by atoms with Crippen molar-refractivity contribution in [1.82, 2.24) is 15.3 Å². The molecule has 158 valence electrons. The zero-order chi connectivity index (χ0) is 20.9. The maximum absolute atomic E-state index is 14.2. The number of nitrogens with one attached hydrogen (secondary N) is 2. The maximum Gasteiger partial charge on any atom is 0.251 e. The molecule has 2 N–H and O–H groups in total. The van der Waals surface area contributed by atoms with E-state index in [4.69, 9.17) is 4.74 Å². The molecule has 1 aliphatic carbocycles. The molecule has 0 radical (unpaired) electrons. The van der Waals surface area contributed by atoms with Gasteiger partial charge in [-0.05, 0) is 49.1 Å². The second-order valence-corrected chi connectivity index (χ2v) is 8.08. The van der Waals surface area contributed by atoms with E-state index in [1.165, 1.54) is 51.7 Å². The van der Waals surface area contributed by atoms with Crippen molar-refractivity contribution in [1.29, 1.82) is 0 Å². The van der Waals surface area contributed by atoms with Crippen LogP contribution in [0.15, 0.2) is 36.4 Å². The second-order valence-electron chi connectivity index (χ2n) is 8.08. The van der Waals surface area contributed by atoms with Gasteiger partial charge in [0.25, 0.3) is 5.91 Å². The summed E-state index contributed by atoms with van der Waals surface area (Å²) in [5.41, 5.74) is 2.57. The number of methoxy groups -OCH3 is 1. The molecular weight excluding hydrogens is 381 g/mol. The molecule has 0 aliphatic heterocycles. The number of hydrogen-bond acceptors (Lipinski definition) is 3. The molecule has 0 spiro atoms. The molecule has 1 amide bonds. The van der Waals surface area contributed by atoms with Crippen molar-refractivity contribution < 1.29 is 13.9 Å². The van der Waals surface area contributed by atoms with E-state index < -0.39 is 0 Å². The molecule has 0 atom stereocenters. The summed E-state index contributed by atoms with van der Waals surface area (Å²) in [6.45, 7) is 0.732. The van der Waals surface area contributed by atoms with E-state index in [9.17, 15) is 9.18 Å². The first-order valence-electron chi connectivity index (χ1n) is 10.7. The summed E-state index contributed by atoms with van der Waals surface area (Å²) in [5.74, 6) is 1.31. The highest BCUT2D eigenvalue weighted by molar-refractivity contribution is 5.97. The second kappa shape index (κ2) is 9.28. The summed E-state index contributed by atoms with van der Waals surface area (Å²) >= 11 is 0. The van der Waals surface area contributed by atoms with E-state index in [0.717, 1.165) is 12.1 Å². The van der Waals surface area contributed by atoms with Gasteiger partial charge in [-0.15, -0.1) is 0 Å². The van der Waals surface area contributed by atoms with Gasteiger partial charge in [-0.1, -0.05) is 31.7 Å². The molecule has 6 heteroatoms. The highest BCUT2D eigenvalue weighted by Crippen LogP contribution is 2.25. The minimum atomic E-state index is -0.326. The fraction of sp³-hybridized carbons (Fsp3) is 0.417. The van der Waals surface area contributed by atoms with Gasteiger partial charge in [0.15, 0.2) is 0 Å². The normalized spacial score (nSPS) is 15.1. The Morgan fingerprint density at radius 3 is 2.77 bits per heavy atom. The first-order chi connectivity index (χ1) is 14.6. The zero-order valence-electron chi connectivity index (χ0n) is 17.3. The molecule has 1 saturated carbocycles. The largest absolute Gasteiger partial charge is 0.496 e. The molecule has 3 aromatic rings. The van der Waals surface area contributed by atoms with Gasteiger partial charge in [-0.25, -0.2) is 9.37 Å². The third-order valence-electron chi connectivity index (χ3n) is 5.96. The number of aromatic nitrogens is 2. The number of aromatic amines is 1. The zero-order valence-corrected chi connectivity index (χ0v) is 17.3. The summed E-state index contributed by atoms with van der Waals surface area (Å²) in [5, 5.41) is 3.09. The van der Waals surface area contributed by atoms with Crippen molar-refractivity contribution >= 4 is 16.9 Å². The topological polar surface area (TPSA) is 67.0 Å². The van der Waals surface area contributed by atoms with E-state index in [1.54, 1.807) is 24.3 Å². The highest BCUT2D eigenvalue weighted by Gasteiger charge is 2.16. The Bertz CT molecular complexity index is 1020. The first-order valence-corrected chi connectivity index (χ1v) is 10.7. The Labute approximate surface area is 176 Å². The molecule has 5 nitrogen and oxygen atoms in total. The minimum Gasteiger partial charge on any atom is -0.496 e. The van der Waals surface area contributed by atoms with Gasteiger partial charge in [-0.2, -0.15) is 0 Å². The highest BCUT2D eigenvalue weighted by atomic mass is 19.1. The van der Waals surface area contributed by atoms with Gasteiger partial charge < -0.3 is 15.0 Å². The van der Waals surface area contributed by atoms with Crippen molar-refractivity contribution in [2.24, 2.45) is 5.92 Å². The third-order valence-corrected chi connectivity index (χ3v) is 5.96. The summed E-state index contributed by atoms with van der Waals surface area (Å²) in [7, 11) is 1.52. The van der Waals surface area contributed by atoms with E-state index in [-0.39, 0.29) is 18.1 Å². The third kappa shape index (κ3) is 4.64. The molecule has 1 aromatic heterocycles. The van der Waals surface area contributed by atoms with Crippen LogP contribution in [-0.4, -0.2) is 29.5 Å². The lowest BCUT2D eigenvalue weighted by atomic mass is 10.0. The first kappa shape index (κ1) is 20.4. The van der Waals surface area contributed by atoms with Crippen LogP contribution in [0, 0.1) is 11.7 Å². The van der Waals surface area contributed by atoms with Crippen LogP contribution in [0.4, 0.5) is 4.39 Å². The lowest BCUT2D eigenvalue weighted by Crippen LogP contribution is -2.29. The number of benzene rings is 2. The Kier molecular flexibility index (Phi) is 6.31. The number of hydrogen-bond donors (Lipinski definition) is 2. The smallest absolute Gasteiger partial charge is 0.251 e. The molecule has 30 heavy (non-hydrogen) atoms. The van der Waals surface area contributed by atoms with Crippen LogP contribution in [0.2, 0.25) is 0 Å². The number of rotatable bonds is 6. The molecular formula is C24H28FN3O2. The van der Waals surface area contributed by atoms with Crippen LogP contribution in [0.5, 0.6) is 5.75 Å². The molecule has 0 bridgehead atoms. The Morgan fingerprint density at radius 2 is 2.00 bits per heavy atom. The summed E-state index contributed by atoms with van der Waals surface area (Å²) in [4.78, 5) is 20.4. The quantitative estimate of drug-likeness (QED) is 0.563. The van der Waals surface area contributed by atoms with Crippen LogP contribution in [-0.2, 0) is 6.42 Å². The molecule has 2 aromatic carbocycles. The SMILES string of the molecule is COc1cccc(F)c1Cc1nc2cc(C(=O)NCC3CCCCCC3)ccc2[nH]1. The van der Waals surface area contributed by atoms with E-state index in [1.807, 2.05) is 6.07 Å². The molecule has 0 saturated heterocycles. The van der Waals surface area contributed by atoms with E-state index in [0.29, 0.717) is 34.1 Å². The number of ether oxygens (including phenoxy) is 1. The Morgan fingerprint density at radius 1 is 1.20 bits per heavy atom. The maximum atomic E-state index is 14.2. The van der Waals surface area contributed by atoms with Crippen molar-refractivity contribution in [2.75, 3.05) is 13.7 Å². The van der Waals surface area contributed by atoms with Crippen molar-refractivity contribution in [3.8, 4) is 5.75 Å². The Hall–Kier alpha value is -2.89. The average Bonchev–Trinajstić information content (AvgIpc) is 2.97. The van der Waals surface area contributed by atoms with Crippen LogP contribution < -0.4 is 10.1 Å². The number of amides is 1. The van der Waals surface area contributed by atoms with Gasteiger partial charge in [0.2, 0.25) is 0 Å². The predicted molar refractivity (Wildman–Crippen MR) is 115 cm³/mol. The molecule has 0 unspecified atom stereocenters.